The number of anilines is 3. The molecule has 2 radical (unpaired) electrons. The number of amides is 2. The van der Waals surface area contributed by atoms with Crippen LogP contribution in [-0.4, -0.2) is 121 Å². The van der Waals surface area contributed by atoms with Crippen molar-refractivity contribution in [3.8, 4) is 0 Å². The van der Waals surface area contributed by atoms with Crippen LogP contribution in [-0.2, 0) is 52.0 Å². The Morgan fingerprint density at radius 2 is 1.60 bits per heavy atom. The minimum absolute atomic E-state index is 0.00179. The van der Waals surface area contributed by atoms with Gasteiger partial charge < -0.3 is 40.6 Å². The number of carbonyl (C=O) groups is 2. The Morgan fingerprint density at radius 3 is 2.31 bits per heavy atom. The Morgan fingerprint density at radius 1 is 0.925 bits per heavy atom. The molecule has 7 N–H and O–H groups in total. The van der Waals surface area contributed by atoms with Gasteiger partial charge in [-0.2, -0.15) is 4.98 Å². The molecule has 0 saturated carbocycles. The summed E-state index contributed by atoms with van der Waals surface area (Å²) in [5.74, 6) is -1.22. The Labute approximate surface area is 381 Å². The smallest absolute Gasteiger partial charge is 0.382 e. The Balaban J connectivity index is 1.00. The van der Waals surface area contributed by atoms with Gasteiger partial charge in [0.15, 0.2) is 47.4 Å². The summed E-state index contributed by atoms with van der Waals surface area (Å²) in [6.45, 7) is -6.13. The van der Waals surface area contributed by atoms with E-state index in [-0.39, 0.29) is 58.7 Å². The van der Waals surface area contributed by atoms with Gasteiger partial charge in [-0.3, -0.25) is 42.1 Å². The van der Waals surface area contributed by atoms with Crippen molar-refractivity contribution in [2.24, 2.45) is 5.11 Å². The van der Waals surface area contributed by atoms with Gasteiger partial charge in [-0.25, -0.2) is 33.3 Å². The van der Waals surface area contributed by atoms with Crippen LogP contribution in [0.15, 0.2) is 53.2 Å². The summed E-state index contributed by atoms with van der Waals surface area (Å²) in [5.41, 5.74) is 20.0. The number of aromatic amines is 1. The molecule has 3 saturated heterocycles. The molecule has 10 atom stereocenters. The molecule has 0 aliphatic carbocycles. The lowest BCUT2D eigenvalue weighted by Crippen LogP contribution is -2.37. The molecule has 5 aromatic rings. The highest BCUT2D eigenvalue weighted by molar-refractivity contribution is 8.54. The fourth-order valence-electron chi connectivity index (χ4n) is 7.33. The van der Waals surface area contributed by atoms with E-state index in [1.54, 1.807) is 24.3 Å². The lowest BCUT2D eigenvalue weighted by Gasteiger charge is -2.30. The van der Waals surface area contributed by atoms with Crippen LogP contribution >= 0.6 is 25.7 Å². The summed E-state index contributed by atoms with van der Waals surface area (Å²) < 4.78 is 99.3. The van der Waals surface area contributed by atoms with E-state index in [9.17, 15) is 23.5 Å². The number of nitrogens with two attached hydrogens (primary N) is 2. The first-order valence-electron chi connectivity index (χ1n) is 20.3. The SMILES string of the molecule is [B]P1(=O)OC[C@H]2O[C@@H](n3cnc4c(N)ncnc43)[C@H](F)[C@@H]2O[P@@](=O)(SCc2ccc(NC(=O)CNC(=O)CCCCCN=[N+]=[N-])cc2)OC[C@H]2O[C@@H](n3cnc4c(=O)[nH]c(N)nc43)[C@H](F)[C@@H]2O1. The molecule has 8 rings (SSSR count). The monoisotopic (exact) mass is 989 g/mol. The van der Waals surface area contributed by atoms with Gasteiger partial charge in [-0.05, 0) is 47.5 Å². The number of unbranched alkanes of at least 4 members (excludes halogenated alkanes) is 2. The molecule has 0 spiro atoms. The normalized spacial score (nSPS) is 28.7. The van der Waals surface area contributed by atoms with Crippen molar-refractivity contribution in [3.63, 3.8) is 0 Å². The second kappa shape index (κ2) is 20.4. The van der Waals surface area contributed by atoms with Crippen LogP contribution in [0, 0.1) is 0 Å². The molecule has 0 bridgehead atoms. The third kappa shape index (κ3) is 10.9. The lowest BCUT2D eigenvalue weighted by atomic mass is 10.1. The van der Waals surface area contributed by atoms with Crippen LogP contribution in [0.5, 0.6) is 0 Å². The first kappa shape index (κ1) is 47.9. The summed E-state index contributed by atoms with van der Waals surface area (Å²) in [6, 6.07) is 6.31. The van der Waals surface area contributed by atoms with E-state index in [4.69, 9.17) is 52.1 Å². The largest absolute Gasteiger partial charge is 0.389 e. The van der Waals surface area contributed by atoms with Crippen molar-refractivity contribution in [2.75, 3.05) is 43.1 Å². The fraction of sp³-hybridized carbons (Fsp3) is 0.486. The second-order valence-corrected chi connectivity index (χ2v) is 20.7. The zero-order chi connectivity index (χ0) is 47.5. The minimum atomic E-state index is -4.76. The number of fused-ring (bicyclic) bond motifs is 4. The maximum atomic E-state index is 16.8. The average molecular weight is 990 g/mol. The van der Waals surface area contributed by atoms with Gasteiger partial charge in [-0.1, -0.05) is 23.7 Å². The van der Waals surface area contributed by atoms with E-state index >= 15 is 8.78 Å². The first-order chi connectivity index (χ1) is 32.1. The number of azide groups is 1. The summed E-state index contributed by atoms with van der Waals surface area (Å²) in [5, 5.41) is 8.66. The lowest BCUT2D eigenvalue weighted by molar-refractivity contribution is -0.124. The van der Waals surface area contributed by atoms with E-state index in [2.05, 4.69) is 50.6 Å². The number of halogens is 2. The van der Waals surface area contributed by atoms with Crippen LogP contribution in [0.1, 0.15) is 43.7 Å². The molecule has 3 aliphatic rings. The highest BCUT2D eigenvalue weighted by Crippen LogP contribution is 2.65. The number of nitrogen functional groups attached to an aromatic ring is 2. The second-order valence-electron chi connectivity index (χ2n) is 15.2. The van der Waals surface area contributed by atoms with Crippen LogP contribution in [0.4, 0.5) is 26.2 Å². The average Bonchev–Trinajstić information content (AvgIpc) is 4.06. The fourth-order valence-corrected chi connectivity index (χ4v) is 11.7. The van der Waals surface area contributed by atoms with Crippen molar-refractivity contribution >= 4 is 84.8 Å². The number of H-pyrrole nitrogens is 1. The number of alkyl halides is 2. The van der Waals surface area contributed by atoms with Gasteiger partial charge >= 0.3 is 6.80 Å². The van der Waals surface area contributed by atoms with E-state index in [0.29, 0.717) is 48.4 Å². The number of hydrogen-bond acceptors (Lipinski definition) is 20. The molecule has 4 aromatic heterocycles. The molecule has 2 amide bonds. The maximum Gasteiger partial charge on any atom is 0.389 e. The van der Waals surface area contributed by atoms with E-state index in [1.165, 1.54) is 10.9 Å². The van der Waals surface area contributed by atoms with Gasteiger partial charge in [0.25, 0.3) is 13.0 Å². The molecule has 32 heteroatoms. The highest BCUT2D eigenvalue weighted by atomic mass is 32.7. The van der Waals surface area contributed by atoms with E-state index in [1.807, 2.05) is 0 Å². The molecule has 7 heterocycles. The number of nitrogens with zero attached hydrogens (tertiary/aromatic N) is 10. The predicted octanol–water partition coefficient (Wildman–Crippen LogP) is 3.66. The highest BCUT2D eigenvalue weighted by Gasteiger charge is 2.54. The van der Waals surface area contributed by atoms with Crippen LogP contribution in [0.3, 0.4) is 0 Å². The molecular weight excluding hydrogens is 949 g/mol. The van der Waals surface area contributed by atoms with Crippen molar-refractivity contribution in [1.82, 2.24) is 44.4 Å². The standard InChI is InChI=1S/C35H40BF2N15O11P2S/c36-65(57)59-11-19-28(24(38)33(61-19)52-15-45-25-29(39)43-14-44-30(25)52)64-66(58,60-12-20-27(63-65)23(37)34(62-20)53-16-46-26-31(53)49-35(40)50-32(26)56)67-13-17-5-7-18(8-6-17)48-22(55)10-42-21(54)4-2-1-3-9-47-51-41/h5-8,14-16,19-20,23-24,27-28,33-34H,1-4,9-13H2,(H,42,54)(H,48,55)(H2,39,43,44)(H3,40,49,50,56)/t19-,20-,23-,24-,27-,28-,33-,34-,65?,66+/m1/s1. The van der Waals surface area contributed by atoms with Crippen molar-refractivity contribution in [2.45, 2.75) is 80.7 Å². The predicted molar refractivity (Wildman–Crippen MR) is 234 cm³/mol. The molecule has 354 valence electrons. The molecule has 3 fully saturated rings. The van der Waals surface area contributed by atoms with Gasteiger partial charge in [0, 0.05) is 29.3 Å². The molecular formula is C35H40BF2N15O11P2S. The maximum absolute atomic E-state index is 16.8. The first-order valence-corrected chi connectivity index (χ1v) is 25.1. The number of rotatable bonds is 14. The van der Waals surface area contributed by atoms with Crippen molar-refractivity contribution in [1.29, 1.82) is 0 Å². The molecule has 26 nitrogen and oxygen atoms in total. The van der Waals surface area contributed by atoms with Gasteiger partial charge in [0.05, 0.1) is 32.4 Å². The summed E-state index contributed by atoms with van der Waals surface area (Å²) >= 11 is 0.628. The molecule has 3 aliphatic heterocycles. The number of hydrogen-bond donors (Lipinski definition) is 5. The quantitative estimate of drug-likeness (QED) is 0.0265. The van der Waals surface area contributed by atoms with Crippen LogP contribution in [0.2, 0.25) is 0 Å². The van der Waals surface area contributed by atoms with Crippen LogP contribution in [0.25, 0.3) is 32.8 Å². The van der Waals surface area contributed by atoms with Gasteiger partial charge in [0.2, 0.25) is 25.3 Å². The van der Waals surface area contributed by atoms with E-state index in [0.717, 1.165) is 17.2 Å². The van der Waals surface area contributed by atoms with E-state index < -0.39 is 88.2 Å². The van der Waals surface area contributed by atoms with Gasteiger partial charge in [0.1, 0.15) is 36.3 Å². The van der Waals surface area contributed by atoms with Crippen molar-refractivity contribution in [3.05, 3.63) is 69.6 Å². The number of nitrogens with one attached hydrogen (secondary N) is 3. The Hall–Kier alpha value is -5.54. The zero-order valence-electron chi connectivity index (χ0n) is 34.8. The Bertz CT molecular complexity index is 2840. The zero-order valence-corrected chi connectivity index (χ0v) is 37.4. The molecule has 1 aromatic carbocycles. The minimum Gasteiger partial charge on any atom is -0.382 e. The topological polar surface area (TPSA) is 356 Å². The molecule has 67 heavy (non-hydrogen) atoms. The summed E-state index contributed by atoms with van der Waals surface area (Å²) in [4.78, 5) is 62.4. The summed E-state index contributed by atoms with van der Waals surface area (Å²) in [7, 11) is 1.22. The number of imidazole rings is 2. The van der Waals surface area contributed by atoms with Gasteiger partial charge in [-0.15, -0.1) is 0 Å². The van der Waals surface area contributed by atoms with Crippen molar-refractivity contribution < 1.29 is 55.1 Å². The molecule has 1 unspecified atom stereocenters. The number of carbonyl (C=O) groups excluding carboxylic acids is 2. The number of ether oxygens (including phenoxy) is 2. The number of benzene rings is 1. The van der Waals surface area contributed by atoms with Crippen LogP contribution < -0.4 is 27.7 Å². The number of aromatic nitrogens is 8. The third-order valence-corrected chi connectivity index (χ3v) is 15.3. The summed E-state index contributed by atoms with van der Waals surface area (Å²) in [6.07, 6.45) is -8.79. The third-order valence-electron chi connectivity index (χ3n) is 10.6. The Kier molecular flexibility index (Phi) is 14.6.